The predicted molar refractivity (Wildman–Crippen MR) is 98.1 cm³/mol. The third-order valence-corrected chi connectivity index (χ3v) is 4.62. The van der Waals surface area contributed by atoms with Crippen LogP contribution in [0.2, 0.25) is 0 Å². The highest BCUT2D eigenvalue weighted by molar-refractivity contribution is 5.68. The van der Waals surface area contributed by atoms with Crippen LogP contribution in [-0.4, -0.2) is 53.5 Å². The molecule has 5 heteroatoms. The fourth-order valence-corrected chi connectivity index (χ4v) is 3.44. The molecule has 1 rings (SSSR count). The zero-order valence-electron chi connectivity index (χ0n) is 16.3. The lowest BCUT2D eigenvalue weighted by molar-refractivity contribution is 0.0214. The molecule has 0 aliphatic carbocycles. The number of likely N-dealkylation sites (tertiary alicyclic amines) is 1. The summed E-state index contributed by atoms with van der Waals surface area (Å²) in [6.07, 6.45) is 6.04. The molecule has 1 aliphatic rings. The Morgan fingerprint density at radius 1 is 1.38 bits per heavy atom. The summed E-state index contributed by atoms with van der Waals surface area (Å²) in [5, 5.41) is 12.8. The minimum absolute atomic E-state index is 0.179. The van der Waals surface area contributed by atoms with Crippen LogP contribution in [0.5, 0.6) is 0 Å². The van der Waals surface area contributed by atoms with Gasteiger partial charge in [-0.2, -0.15) is 0 Å². The van der Waals surface area contributed by atoms with Crippen molar-refractivity contribution in [1.29, 1.82) is 0 Å². The zero-order chi connectivity index (χ0) is 18.2. The molecule has 1 aliphatic heterocycles. The van der Waals surface area contributed by atoms with E-state index in [1.54, 1.807) is 0 Å². The van der Waals surface area contributed by atoms with Gasteiger partial charge in [0.25, 0.3) is 0 Å². The van der Waals surface area contributed by atoms with Crippen molar-refractivity contribution in [2.45, 2.75) is 90.8 Å². The van der Waals surface area contributed by atoms with Crippen LogP contribution in [0, 0.1) is 5.92 Å². The number of hydrogen-bond acceptors (Lipinski definition) is 4. The SMILES string of the molecule is CCCC(CCO)CNC(C)CC1CCCN1C(=O)OC(C)(C)C. The Morgan fingerprint density at radius 2 is 2.08 bits per heavy atom. The van der Waals surface area contributed by atoms with Crippen molar-refractivity contribution in [3.05, 3.63) is 0 Å². The van der Waals surface area contributed by atoms with Crippen LogP contribution in [0.3, 0.4) is 0 Å². The van der Waals surface area contributed by atoms with E-state index in [1.807, 2.05) is 25.7 Å². The van der Waals surface area contributed by atoms with Crippen molar-refractivity contribution in [1.82, 2.24) is 10.2 Å². The number of rotatable bonds is 9. The molecule has 5 nitrogen and oxygen atoms in total. The molecule has 1 amide bonds. The van der Waals surface area contributed by atoms with Gasteiger partial charge in [-0.05, 0) is 72.3 Å². The molecular formula is C19H38N2O3. The number of amides is 1. The molecule has 0 radical (unpaired) electrons. The minimum atomic E-state index is -0.439. The summed E-state index contributed by atoms with van der Waals surface area (Å²) in [5.41, 5.74) is -0.439. The second-order valence-electron chi connectivity index (χ2n) is 8.18. The molecular weight excluding hydrogens is 304 g/mol. The summed E-state index contributed by atoms with van der Waals surface area (Å²) in [4.78, 5) is 14.2. The first kappa shape index (κ1) is 21.2. The van der Waals surface area contributed by atoms with E-state index in [0.29, 0.717) is 12.0 Å². The van der Waals surface area contributed by atoms with Crippen LogP contribution >= 0.6 is 0 Å². The monoisotopic (exact) mass is 342 g/mol. The van der Waals surface area contributed by atoms with E-state index in [2.05, 4.69) is 19.2 Å². The van der Waals surface area contributed by atoms with Gasteiger partial charge in [0.05, 0.1) is 0 Å². The molecule has 0 aromatic rings. The molecule has 142 valence electrons. The minimum Gasteiger partial charge on any atom is -0.444 e. The molecule has 3 unspecified atom stereocenters. The lowest BCUT2D eigenvalue weighted by Crippen LogP contribution is -2.43. The molecule has 3 atom stereocenters. The number of nitrogens with one attached hydrogen (secondary N) is 1. The van der Waals surface area contributed by atoms with Crippen LogP contribution in [0.4, 0.5) is 4.79 Å². The number of carbonyl (C=O) groups is 1. The van der Waals surface area contributed by atoms with Gasteiger partial charge in [-0.25, -0.2) is 4.79 Å². The Labute approximate surface area is 148 Å². The third-order valence-electron chi connectivity index (χ3n) is 4.62. The lowest BCUT2D eigenvalue weighted by Gasteiger charge is -2.30. The molecule has 24 heavy (non-hydrogen) atoms. The summed E-state index contributed by atoms with van der Waals surface area (Å²) >= 11 is 0. The van der Waals surface area contributed by atoms with E-state index in [9.17, 15) is 4.79 Å². The molecule has 0 bridgehead atoms. The fourth-order valence-electron chi connectivity index (χ4n) is 3.44. The topological polar surface area (TPSA) is 61.8 Å². The van der Waals surface area contributed by atoms with Gasteiger partial charge in [-0.3, -0.25) is 0 Å². The number of hydrogen-bond donors (Lipinski definition) is 2. The van der Waals surface area contributed by atoms with Crippen LogP contribution in [0.25, 0.3) is 0 Å². The van der Waals surface area contributed by atoms with Crippen LogP contribution < -0.4 is 5.32 Å². The highest BCUT2D eigenvalue weighted by Crippen LogP contribution is 2.24. The Balaban J connectivity index is 2.44. The first-order chi connectivity index (χ1) is 11.3. The highest BCUT2D eigenvalue weighted by atomic mass is 16.6. The standard InChI is InChI=1S/C19H38N2O3/c1-6-8-16(10-12-22)14-20-15(2)13-17-9-7-11-21(17)18(23)24-19(3,4)5/h15-17,20,22H,6-14H2,1-5H3. The molecule has 1 fully saturated rings. The van der Waals surface area contributed by atoms with Gasteiger partial charge in [0.15, 0.2) is 0 Å². The van der Waals surface area contributed by atoms with E-state index in [0.717, 1.165) is 51.6 Å². The van der Waals surface area contributed by atoms with Crippen LogP contribution in [0.15, 0.2) is 0 Å². The van der Waals surface area contributed by atoms with Gasteiger partial charge >= 0.3 is 6.09 Å². The van der Waals surface area contributed by atoms with Gasteiger partial charge in [0.1, 0.15) is 5.60 Å². The van der Waals surface area contributed by atoms with E-state index in [1.165, 1.54) is 0 Å². The predicted octanol–water partition coefficient (Wildman–Crippen LogP) is 3.55. The largest absolute Gasteiger partial charge is 0.444 e. The van der Waals surface area contributed by atoms with Crippen LogP contribution in [-0.2, 0) is 4.74 Å². The van der Waals surface area contributed by atoms with Gasteiger partial charge in [-0.15, -0.1) is 0 Å². The number of nitrogens with zero attached hydrogens (tertiary/aromatic N) is 1. The summed E-state index contributed by atoms with van der Waals surface area (Å²) in [6, 6.07) is 0.626. The van der Waals surface area contributed by atoms with E-state index >= 15 is 0 Å². The highest BCUT2D eigenvalue weighted by Gasteiger charge is 2.32. The maximum Gasteiger partial charge on any atom is 0.410 e. The Kier molecular flexibility index (Phi) is 9.06. The number of carbonyl (C=O) groups excluding carboxylic acids is 1. The van der Waals surface area contributed by atoms with Gasteiger partial charge in [0.2, 0.25) is 0 Å². The molecule has 1 saturated heterocycles. The summed E-state index contributed by atoms with van der Waals surface area (Å²) in [7, 11) is 0. The average molecular weight is 343 g/mol. The van der Waals surface area contributed by atoms with Gasteiger partial charge < -0.3 is 20.1 Å². The molecule has 1 heterocycles. The Hall–Kier alpha value is -0.810. The van der Waals surface area contributed by atoms with Crippen LogP contribution in [0.1, 0.15) is 73.1 Å². The second-order valence-corrected chi connectivity index (χ2v) is 8.18. The van der Waals surface area contributed by atoms with Crippen molar-refractivity contribution in [3.8, 4) is 0 Å². The van der Waals surface area contributed by atoms with Crippen molar-refractivity contribution >= 4 is 6.09 Å². The molecule has 0 saturated carbocycles. The normalized spacial score (nSPS) is 20.9. The number of ether oxygens (including phenoxy) is 1. The maximum absolute atomic E-state index is 12.3. The molecule has 0 spiro atoms. The fraction of sp³-hybridized carbons (Fsp3) is 0.947. The van der Waals surface area contributed by atoms with E-state index < -0.39 is 5.60 Å². The van der Waals surface area contributed by atoms with Gasteiger partial charge in [-0.1, -0.05) is 13.3 Å². The second kappa shape index (κ2) is 10.2. The van der Waals surface area contributed by atoms with Crippen molar-refractivity contribution < 1.29 is 14.6 Å². The summed E-state index contributed by atoms with van der Waals surface area (Å²) in [5.74, 6) is 0.535. The lowest BCUT2D eigenvalue weighted by atomic mass is 9.99. The first-order valence-electron chi connectivity index (χ1n) is 9.60. The third kappa shape index (κ3) is 7.84. The average Bonchev–Trinajstić information content (AvgIpc) is 2.91. The van der Waals surface area contributed by atoms with Gasteiger partial charge in [0, 0.05) is 25.2 Å². The van der Waals surface area contributed by atoms with Crippen molar-refractivity contribution in [2.75, 3.05) is 19.7 Å². The quantitative estimate of drug-likeness (QED) is 0.673. The molecule has 2 N–H and O–H groups in total. The first-order valence-corrected chi connectivity index (χ1v) is 9.60. The number of aliphatic hydroxyl groups is 1. The zero-order valence-corrected chi connectivity index (χ0v) is 16.3. The Bertz CT molecular complexity index is 362. The van der Waals surface area contributed by atoms with E-state index in [-0.39, 0.29) is 18.7 Å². The summed E-state index contributed by atoms with van der Waals surface area (Å²) < 4.78 is 5.53. The van der Waals surface area contributed by atoms with Crippen molar-refractivity contribution in [3.63, 3.8) is 0 Å². The molecule has 0 aromatic heterocycles. The number of aliphatic hydroxyl groups excluding tert-OH is 1. The Morgan fingerprint density at radius 3 is 2.67 bits per heavy atom. The maximum atomic E-state index is 12.3. The smallest absolute Gasteiger partial charge is 0.410 e. The summed E-state index contributed by atoms with van der Waals surface area (Å²) in [6.45, 7) is 12.1. The van der Waals surface area contributed by atoms with Crippen molar-refractivity contribution in [2.24, 2.45) is 5.92 Å². The van der Waals surface area contributed by atoms with E-state index in [4.69, 9.17) is 9.84 Å². The molecule has 0 aromatic carbocycles.